The van der Waals surface area contributed by atoms with E-state index in [1.165, 1.54) is 0 Å². The molecule has 3 N–H and O–H groups in total. The van der Waals surface area contributed by atoms with Crippen molar-refractivity contribution < 1.29 is 9.53 Å². The van der Waals surface area contributed by atoms with E-state index in [4.69, 9.17) is 10.5 Å². The van der Waals surface area contributed by atoms with E-state index < -0.39 is 0 Å². The van der Waals surface area contributed by atoms with Gasteiger partial charge in [-0.25, -0.2) is 0 Å². The monoisotopic (exact) mass is 312 g/mol. The fourth-order valence-electron chi connectivity index (χ4n) is 2.01. The number of carbonyl (C=O) groups is 1. The highest BCUT2D eigenvalue weighted by atomic mass is 79.9. The first-order valence-electron chi connectivity index (χ1n) is 6.08. The Kier molecular flexibility index (Phi) is 4.60. The largest absolute Gasteiger partial charge is 0.399 e. The Morgan fingerprint density at radius 1 is 1.56 bits per heavy atom. The summed E-state index contributed by atoms with van der Waals surface area (Å²) in [6.45, 7) is 2.34. The Morgan fingerprint density at radius 3 is 3.11 bits per heavy atom. The molecule has 4 nitrogen and oxygen atoms in total. The summed E-state index contributed by atoms with van der Waals surface area (Å²) in [4.78, 5) is 12.0. The van der Waals surface area contributed by atoms with Gasteiger partial charge in [0.15, 0.2) is 0 Å². The van der Waals surface area contributed by atoms with E-state index in [1.54, 1.807) is 18.2 Å². The van der Waals surface area contributed by atoms with Crippen LogP contribution in [0.4, 0.5) is 5.69 Å². The number of rotatable bonds is 4. The lowest BCUT2D eigenvalue weighted by Crippen LogP contribution is -2.26. The van der Waals surface area contributed by atoms with Gasteiger partial charge in [0.2, 0.25) is 0 Å². The Balaban J connectivity index is 1.85. The van der Waals surface area contributed by atoms with Crippen LogP contribution in [0.25, 0.3) is 0 Å². The van der Waals surface area contributed by atoms with Crippen molar-refractivity contribution >= 4 is 27.5 Å². The van der Waals surface area contributed by atoms with Gasteiger partial charge in [0.05, 0.1) is 5.56 Å². The van der Waals surface area contributed by atoms with E-state index in [9.17, 15) is 4.79 Å². The Morgan fingerprint density at radius 2 is 2.39 bits per heavy atom. The van der Waals surface area contributed by atoms with Gasteiger partial charge in [0, 0.05) is 29.9 Å². The smallest absolute Gasteiger partial charge is 0.252 e. The van der Waals surface area contributed by atoms with Crippen molar-refractivity contribution in [1.82, 2.24) is 5.32 Å². The van der Waals surface area contributed by atoms with Gasteiger partial charge in [-0.3, -0.25) is 4.79 Å². The van der Waals surface area contributed by atoms with E-state index in [2.05, 4.69) is 21.2 Å². The third-order valence-corrected chi connectivity index (χ3v) is 3.79. The minimum Gasteiger partial charge on any atom is -0.399 e. The lowest BCUT2D eigenvalue weighted by atomic mass is 10.1. The van der Waals surface area contributed by atoms with Crippen LogP contribution in [0.3, 0.4) is 0 Å². The van der Waals surface area contributed by atoms with Gasteiger partial charge in [-0.05, 0) is 52.9 Å². The predicted molar refractivity (Wildman–Crippen MR) is 74.4 cm³/mol. The normalized spacial score (nSPS) is 18.8. The van der Waals surface area contributed by atoms with Crippen LogP contribution in [-0.4, -0.2) is 25.7 Å². The molecular formula is C13H17BrN2O2. The van der Waals surface area contributed by atoms with Gasteiger partial charge in [0.25, 0.3) is 5.91 Å². The van der Waals surface area contributed by atoms with Crippen LogP contribution in [0.15, 0.2) is 22.7 Å². The first kappa shape index (κ1) is 13.4. The Bertz CT molecular complexity index is 431. The molecule has 1 unspecified atom stereocenters. The van der Waals surface area contributed by atoms with Gasteiger partial charge >= 0.3 is 0 Å². The fourth-order valence-corrected chi connectivity index (χ4v) is 2.44. The molecule has 1 atom stereocenters. The number of ether oxygens (including phenoxy) is 1. The number of hydrogen-bond acceptors (Lipinski definition) is 3. The molecule has 5 heteroatoms. The summed E-state index contributed by atoms with van der Waals surface area (Å²) < 4.78 is 6.06. The molecule has 0 saturated carbocycles. The maximum atomic E-state index is 12.0. The minimum absolute atomic E-state index is 0.0897. The second-order valence-electron chi connectivity index (χ2n) is 4.51. The summed E-state index contributed by atoms with van der Waals surface area (Å²) >= 11 is 3.35. The van der Waals surface area contributed by atoms with Crippen molar-refractivity contribution in [3.05, 3.63) is 28.2 Å². The van der Waals surface area contributed by atoms with Gasteiger partial charge in [-0.15, -0.1) is 0 Å². The van der Waals surface area contributed by atoms with E-state index in [1.807, 2.05) is 0 Å². The molecule has 1 aromatic rings. The molecule has 1 fully saturated rings. The van der Waals surface area contributed by atoms with Crippen molar-refractivity contribution in [1.29, 1.82) is 0 Å². The zero-order valence-electron chi connectivity index (χ0n) is 10.1. The highest BCUT2D eigenvalue weighted by molar-refractivity contribution is 9.10. The third-order valence-electron chi connectivity index (χ3n) is 3.10. The first-order chi connectivity index (χ1) is 8.66. The SMILES string of the molecule is Nc1ccc(Br)c(C(=O)NCCC2CCOC2)c1. The summed E-state index contributed by atoms with van der Waals surface area (Å²) in [6, 6.07) is 5.23. The van der Waals surface area contributed by atoms with E-state index in [0.717, 1.165) is 30.5 Å². The number of anilines is 1. The molecule has 1 aliphatic rings. The zero-order chi connectivity index (χ0) is 13.0. The highest BCUT2D eigenvalue weighted by Gasteiger charge is 2.16. The predicted octanol–water partition coefficient (Wildman–Crippen LogP) is 2.19. The van der Waals surface area contributed by atoms with E-state index in [-0.39, 0.29) is 5.91 Å². The van der Waals surface area contributed by atoms with Gasteiger partial charge < -0.3 is 15.8 Å². The molecule has 1 amide bonds. The van der Waals surface area contributed by atoms with E-state index in [0.29, 0.717) is 23.7 Å². The summed E-state index contributed by atoms with van der Waals surface area (Å²) in [5.74, 6) is 0.489. The maximum Gasteiger partial charge on any atom is 0.252 e. The molecule has 0 aromatic heterocycles. The molecule has 0 aliphatic carbocycles. The number of carbonyl (C=O) groups excluding carboxylic acids is 1. The summed E-state index contributed by atoms with van der Waals surface area (Å²) in [7, 11) is 0. The quantitative estimate of drug-likeness (QED) is 0.838. The highest BCUT2D eigenvalue weighted by Crippen LogP contribution is 2.20. The lowest BCUT2D eigenvalue weighted by Gasteiger charge is -2.10. The van der Waals surface area contributed by atoms with Crippen LogP contribution in [0.5, 0.6) is 0 Å². The number of nitrogens with one attached hydrogen (secondary N) is 1. The topological polar surface area (TPSA) is 64.4 Å². The molecule has 1 heterocycles. The molecule has 2 rings (SSSR count). The fraction of sp³-hybridized carbons (Fsp3) is 0.462. The molecule has 98 valence electrons. The summed E-state index contributed by atoms with van der Waals surface area (Å²) in [5.41, 5.74) is 6.85. The Hall–Kier alpha value is -1.07. The maximum absolute atomic E-state index is 12.0. The van der Waals surface area contributed by atoms with Crippen molar-refractivity contribution in [2.75, 3.05) is 25.5 Å². The summed E-state index contributed by atoms with van der Waals surface area (Å²) in [6.07, 6.45) is 2.06. The van der Waals surface area contributed by atoms with E-state index >= 15 is 0 Å². The molecule has 1 saturated heterocycles. The van der Waals surface area contributed by atoms with Crippen LogP contribution in [0, 0.1) is 5.92 Å². The number of amides is 1. The molecule has 0 spiro atoms. The minimum atomic E-state index is -0.0897. The van der Waals surface area contributed by atoms with Crippen molar-refractivity contribution in [2.24, 2.45) is 5.92 Å². The number of nitrogens with two attached hydrogens (primary N) is 1. The zero-order valence-corrected chi connectivity index (χ0v) is 11.7. The van der Waals surface area contributed by atoms with Gasteiger partial charge in [-0.1, -0.05) is 0 Å². The van der Waals surface area contributed by atoms with Crippen LogP contribution in [0.1, 0.15) is 23.2 Å². The first-order valence-corrected chi connectivity index (χ1v) is 6.87. The van der Waals surface area contributed by atoms with Crippen molar-refractivity contribution in [3.8, 4) is 0 Å². The third kappa shape index (κ3) is 3.46. The van der Waals surface area contributed by atoms with Crippen LogP contribution >= 0.6 is 15.9 Å². The molecular weight excluding hydrogens is 296 g/mol. The van der Waals surface area contributed by atoms with Crippen LogP contribution in [-0.2, 0) is 4.74 Å². The van der Waals surface area contributed by atoms with Crippen LogP contribution < -0.4 is 11.1 Å². The molecule has 0 bridgehead atoms. The molecule has 0 radical (unpaired) electrons. The molecule has 1 aromatic carbocycles. The average molecular weight is 313 g/mol. The summed E-state index contributed by atoms with van der Waals surface area (Å²) in [5, 5.41) is 2.91. The average Bonchev–Trinajstić information content (AvgIpc) is 2.85. The number of nitrogen functional groups attached to an aromatic ring is 1. The number of benzene rings is 1. The second-order valence-corrected chi connectivity index (χ2v) is 5.37. The molecule has 1 aliphatic heterocycles. The second kappa shape index (κ2) is 6.20. The molecule has 18 heavy (non-hydrogen) atoms. The van der Waals surface area contributed by atoms with Crippen LogP contribution in [0.2, 0.25) is 0 Å². The standard InChI is InChI=1S/C13H17BrN2O2/c14-12-2-1-10(15)7-11(12)13(17)16-5-3-9-4-6-18-8-9/h1-2,7,9H,3-6,8,15H2,(H,16,17). The lowest BCUT2D eigenvalue weighted by molar-refractivity contribution is 0.0949. The van der Waals surface area contributed by atoms with Gasteiger partial charge in [0.1, 0.15) is 0 Å². The van der Waals surface area contributed by atoms with Gasteiger partial charge in [-0.2, -0.15) is 0 Å². The van der Waals surface area contributed by atoms with Crippen molar-refractivity contribution in [2.45, 2.75) is 12.8 Å². The number of hydrogen-bond donors (Lipinski definition) is 2. The van der Waals surface area contributed by atoms with Crippen molar-refractivity contribution in [3.63, 3.8) is 0 Å². The Labute approximate surface area is 115 Å². The number of halogens is 1.